The van der Waals surface area contributed by atoms with E-state index in [1.54, 1.807) is 30.5 Å². The Balaban J connectivity index is 1.59. The summed E-state index contributed by atoms with van der Waals surface area (Å²) in [6.07, 6.45) is 1.61. The van der Waals surface area contributed by atoms with Crippen LogP contribution < -0.4 is 10.1 Å². The first kappa shape index (κ1) is 16.7. The summed E-state index contributed by atoms with van der Waals surface area (Å²) in [5.74, 6) is 1.58. The molecule has 1 aromatic carbocycles. The Morgan fingerprint density at radius 1 is 1.04 bits per heavy atom. The van der Waals surface area contributed by atoms with Crippen molar-refractivity contribution in [3.63, 3.8) is 0 Å². The standard InChI is InChI=1S/C17H12Br2N2O3/c18-11-1-4-13(5-2-11)23-10-14-6-7-15(24-14)17(22)21-16-8-3-12(19)9-20-16/h1-9H,10H2,(H,20,21,22). The number of hydrogen-bond donors (Lipinski definition) is 1. The van der Waals surface area contributed by atoms with Crippen LogP contribution in [-0.4, -0.2) is 10.9 Å². The molecule has 122 valence electrons. The Morgan fingerprint density at radius 2 is 1.79 bits per heavy atom. The Kier molecular flexibility index (Phi) is 5.32. The van der Waals surface area contributed by atoms with Crippen molar-refractivity contribution in [2.45, 2.75) is 6.61 Å². The molecule has 0 bridgehead atoms. The lowest BCUT2D eigenvalue weighted by atomic mass is 10.3. The molecule has 1 N–H and O–H groups in total. The smallest absolute Gasteiger partial charge is 0.292 e. The predicted octanol–water partition coefficient (Wildman–Crippen LogP) is 5.03. The number of aromatic nitrogens is 1. The van der Waals surface area contributed by atoms with Gasteiger partial charge in [0.2, 0.25) is 0 Å². The second-order valence-electron chi connectivity index (χ2n) is 4.82. The Morgan fingerprint density at radius 3 is 2.50 bits per heavy atom. The van der Waals surface area contributed by atoms with E-state index >= 15 is 0 Å². The number of pyridine rings is 1. The zero-order valence-electron chi connectivity index (χ0n) is 12.3. The summed E-state index contributed by atoms with van der Waals surface area (Å²) >= 11 is 6.66. The molecule has 0 aliphatic rings. The van der Waals surface area contributed by atoms with E-state index in [4.69, 9.17) is 9.15 Å². The van der Waals surface area contributed by atoms with Gasteiger partial charge >= 0.3 is 0 Å². The molecule has 3 rings (SSSR count). The lowest BCUT2D eigenvalue weighted by Gasteiger charge is -2.04. The zero-order chi connectivity index (χ0) is 16.9. The second kappa shape index (κ2) is 7.63. The topological polar surface area (TPSA) is 64.4 Å². The molecule has 0 fully saturated rings. The van der Waals surface area contributed by atoms with E-state index in [1.807, 2.05) is 24.3 Å². The highest BCUT2D eigenvalue weighted by atomic mass is 79.9. The number of benzene rings is 1. The SMILES string of the molecule is O=C(Nc1ccc(Br)cn1)c1ccc(COc2ccc(Br)cc2)o1. The third-order valence-electron chi connectivity index (χ3n) is 3.05. The molecule has 0 radical (unpaired) electrons. The lowest BCUT2D eigenvalue weighted by Crippen LogP contribution is -2.11. The van der Waals surface area contributed by atoms with Gasteiger partial charge in [-0.15, -0.1) is 0 Å². The highest BCUT2D eigenvalue weighted by molar-refractivity contribution is 9.10. The van der Waals surface area contributed by atoms with Gasteiger partial charge in [-0.25, -0.2) is 4.98 Å². The van der Waals surface area contributed by atoms with Gasteiger partial charge in [0.05, 0.1) is 0 Å². The van der Waals surface area contributed by atoms with Gasteiger partial charge in [0.15, 0.2) is 5.76 Å². The first-order chi connectivity index (χ1) is 11.6. The van der Waals surface area contributed by atoms with E-state index < -0.39 is 0 Å². The van der Waals surface area contributed by atoms with Gasteiger partial charge in [-0.05, 0) is 64.5 Å². The van der Waals surface area contributed by atoms with Crippen molar-refractivity contribution < 1.29 is 13.9 Å². The van der Waals surface area contributed by atoms with Crippen LogP contribution in [0.3, 0.4) is 0 Å². The van der Waals surface area contributed by atoms with Crippen molar-refractivity contribution in [2.75, 3.05) is 5.32 Å². The molecule has 0 unspecified atom stereocenters. The maximum absolute atomic E-state index is 12.1. The third kappa shape index (κ3) is 4.46. The Bertz CT molecular complexity index is 830. The normalized spacial score (nSPS) is 10.4. The summed E-state index contributed by atoms with van der Waals surface area (Å²) in [6.45, 7) is 0.242. The first-order valence-electron chi connectivity index (χ1n) is 7.00. The van der Waals surface area contributed by atoms with Gasteiger partial charge in [0.25, 0.3) is 5.91 Å². The van der Waals surface area contributed by atoms with Gasteiger partial charge < -0.3 is 14.5 Å². The number of halogens is 2. The van der Waals surface area contributed by atoms with E-state index in [-0.39, 0.29) is 18.3 Å². The van der Waals surface area contributed by atoms with Crippen LogP contribution in [-0.2, 0) is 6.61 Å². The Labute approximate surface area is 155 Å². The minimum Gasteiger partial charge on any atom is -0.486 e. The lowest BCUT2D eigenvalue weighted by molar-refractivity contribution is 0.0992. The van der Waals surface area contributed by atoms with Gasteiger partial charge in [0, 0.05) is 15.1 Å². The molecular weight excluding hydrogens is 440 g/mol. The van der Waals surface area contributed by atoms with E-state index in [0.29, 0.717) is 11.6 Å². The van der Waals surface area contributed by atoms with Crippen LogP contribution in [0.1, 0.15) is 16.3 Å². The average Bonchev–Trinajstić information content (AvgIpc) is 3.06. The van der Waals surface area contributed by atoms with Crippen LogP contribution >= 0.6 is 31.9 Å². The van der Waals surface area contributed by atoms with E-state index in [0.717, 1.165) is 14.7 Å². The molecule has 2 aromatic heterocycles. The molecule has 0 saturated heterocycles. The molecule has 0 aliphatic heterocycles. The summed E-state index contributed by atoms with van der Waals surface area (Å²) in [4.78, 5) is 16.2. The number of furan rings is 1. The predicted molar refractivity (Wildman–Crippen MR) is 97.1 cm³/mol. The van der Waals surface area contributed by atoms with Crippen LogP contribution in [0, 0.1) is 0 Å². The molecule has 5 nitrogen and oxygen atoms in total. The number of nitrogens with one attached hydrogen (secondary N) is 1. The van der Waals surface area contributed by atoms with Crippen molar-refractivity contribution in [3.05, 3.63) is 75.2 Å². The number of rotatable bonds is 5. The summed E-state index contributed by atoms with van der Waals surface area (Å²) in [6, 6.07) is 14.3. The molecule has 0 atom stereocenters. The maximum atomic E-state index is 12.1. The van der Waals surface area contributed by atoms with Crippen molar-refractivity contribution >= 4 is 43.6 Å². The van der Waals surface area contributed by atoms with Crippen molar-refractivity contribution in [3.8, 4) is 5.75 Å². The fraction of sp³-hybridized carbons (Fsp3) is 0.0588. The number of anilines is 1. The van der Waals surface area contributed by atoms with Crippen molar-refractivity contribution in [1.82, 2.24) is 4.98 Å². The minimum absolute atomic E-state index is 0.203. The number of carbonyl (C=O) groups is 1. The van der Waals surface area contributed by atoms with Crippen molar-refractivity contribution in [2.24, 2.45) is 0 Å². The van der Waals surface area contributed by atoms with Gasteiger partial charge in [-0.1, -0.05) is 15.9 Å². The fourth-order valence-electron chi connectivity index (χ4n) is 1.89. The van der Waals surface area contributed by atoms with E-state index in [2.05, 4.69) is 42.2 Å². The quantitative estimate of drug-likeness (QED) is 0.590. The second-order valence-corrected chi connectivity index (χ2v) is 6.66. The molecule has 24 heavy (non-hydrogen) atoms. The summed E-state index contributed by atoms with van der Waals surface area (Å²) in [7, 11) is 0. The Hall–Kier alpha value is -2.12. The van der Waals surface area contributed by atoms with Crippen LogP contribution in [0.2, 0.25) is 0 Å². The molecule has 7 heteroatoms. The van der Waals surface area contributed by atoms with Crippen LogP contribution in [0.4, 0.5) is 5.82 Å². The maximum Gasteiger partial charge on any atom is 0.292 e. The number of hydrogen-bond acceptors (Lipinski definition) is 4. The zero-order valence-corrected chi connectivity index (χ0v) is 15.5. The molecule has 0 saturated carbocycles. The highest BCUT2D eigenvalue weighted by Gasteiger charge is 2.12. The summed E-state index contributed by atoms with van der Waals surface area (Å²) in [5.41, 5.74) is 0. The summed E-state index contributed by atoms with van der Waals surface area (Å²) in [5, 5.41) is 2.67. The number of ether oxygens (including phenoxy) is 1. The molecule has 3 aromatic rings. The van der Waals surface area contributed by atoms with E-state index in [9.17, 15) is 4.79 Å². The first-order valence-corrected chi connectivity index (χ1v) is 8.59. The molecular formula is C17H12Br2N2O3. The molecule has 0 spiro atoms. The van der Waals surface area contributed by atoms with Crippen molar-refractivity contribution in [1.29, 1.82) is 0 Å². The minimum atomic E-state index is -0.361. The molecule has 1 amide bonds. The summed E-state index contributed by atoms with van der Waals surface area (Å²) < 4.78 is 12.9. The van der Waals surface area contributed by atoms with Crippen LogP contribution in [0.15, 0.2) is 68.1 Å². The fourth-order valence-corrected chi connectivity index (χ4v) is 2.39. The number of amides is 1. The number of nitrogens with zero attached hydrogens (tertiary/aromatic N) is 1. The van der Waals surface area contributed by atoms with E-state index in [1.165, 1.54) is 0 Å². The van der Waals surface area contributed by atoms with Gasteiger partial charge in [-0.2, -0.15) is 0 Å². The molecule has 2 heterocycles. The number of carbonyl (C=O) groups excluding carboxylic acids is 1. The van der Waals surface area contributed by atoms with Crippen LogP contribution in [0.25, 0.3) is 0 Å². The average molecular weight is 452 g/mol. The third-order valence-corrected chi connectivity index (χ3v) is 4.05. The van der Waals surface area contributed by atoms with Crippen LogP contribution in [0.5, 0.6) is 5.75 Å². The molecule has 0 aliphatic carbocycles. The highest BCUT2D eigenvalue weighted by Crippen LogP contribution is 2.18. The van der Waals surface area contributed by atoms with Gasteiger partial charge in [0.1, 0.15) is 23.9 Å². The van der Waals surface area contributed by atoms with Gasteiger partial charge in [-0.3, -0.25) is 4.79 Å². The largest absolute Gasteiger partial charge is 0.486 e. The monoisotopic (exact) mass is 450 g/mol.